The smallest absolute Gasteiger partial charge is 0.253 e. The summed E-state index contributed by atoms with van der Waals surface area (Å²) in [5, 5.41) is 23.8. The van der Waals surface area contributed by atoms with Gasteiger partial charge < -0.3 is 10.1 Å². The first-order valence-corrected chi connectivity index (χ1v) is 10.9. The van der Waals surface area contributed by atoms with Crippen LogP contribution in [-0.2, 0) is 0 Å². The van der Waals surface area contributed by atoms with Crippen LogP contribution < -0.4 is 5.56 Å². The second-order valence-electron chi connectivity index (χ2n) is 8.73. The molecule has 1 atom stereocenters. The number of benzene rings is 1. The summed E-state index contributed by atoms with van der Waals surface area (Å²) in [6, 6.07) is 7.99. The highest BCUT2D eigenvalue weighted by atomic mass is 16.3. The first-order chi connectivity index (χ1) is 14.6. The predicted molar refractivity (Wildman–Crippen MR) is 113 cm³/mol. The fraction of sp³-hybridized carbons (Fsp3) is 0.545. The summed E-state index contributed by atoms with van der Waals surface area (Å²) < 4.78 is 1.95. The summed E-state index contributed by atoms with van der Waals surface area (Å²) in [5.41, 5.74) is 2.54. The molecule has 1 aliphatic heterocycles. The van der Waals surface area contributed by atoms with Gasteiger partial charge in [0.25, 0.3) is 5.56 Å². The van der Waals surface area contributed by atoms with E-state index in [0.717, 1.165) is 35.1 Å². The van der Waals surface area contributed by atoms with Crippen LogP contribution in [0, 0.1) is 6.92 Å². The fourth-order valence-electron chi connectivity index (χ4n) is 4.98. The number of hydrogen-bond acceptors (Lipinski definition) is 6. The van der Waals surface area contributed by atoms with E-state index in [0.29, 0.717) is 31.5 Å². The highest BCUT2D eigenvalue weighted by Crippen LogP contribution is 2.34. The molecule has 1 aromatic carbocycles. The lowest BCUT2D eigenvalue weighted by atomic mass is 9.99. The van der Waals surface area contributed by atoms with Gasteiger partial charge in [-0.1, -0.05) is 24.5 Å². The lowest BCUT2D eigenvalue weighted by molar-refractivity contribution is 0.0654. The van der Waals surface area contributed by atoms with Crippen molar-refractivity contribution in [3.05, 3.63) is 51.6 Å². The van der Waals surface area contributed by atoms with Crippen LogP contribution in [-0.4, -0.2) is 54.4 Å². The van der Waals surface area contributed by atoms with E-state index in [-0.39, 0.29) is 23.7 Å². The van der Waals surface area contributed by atoms with Gasteiger partial charge in [0.15, 0.2) is 5.82 Å². The summed E-state index contributed by atoms with van der Waals surface area (Å²) in [6.07, 6.45) is 5.58. The molecule has 1 saturated carbocycles. The van der Waals surface area contributed by atoms with E-state index in [4.69, 9.17) is 0 Å². The SMILES string of the molecule is Cc1ccc2[nH]c(=O)c([C@@H](c3nnnn3C3CCCC3)N3CCC(O)CC3)cc2c1. The van der Waals surface area contributed by atoms with E-state index in [1.165, 1.54) is 12.8 Å². The van der Waals surface area contributed by atoms with Gasteiger partial charge in [0.05, 0.1) is 12.1 Å². The van der Waals surface area contributed by atoms with Crippen LogP contribution >= 0.6 is 0 Å². The Kier molecular flexibility index (Phi) is 5.12. The quantitative estimate of drug-likeness (QED) is 0.688. The third-order valence-electron chi connectivity index (χ3n) is 6.62. The van der Waals surface area contributed by atoms with Crippen LogP contribution in [0.2, 0.25) is 0 Å². The minimum absolute atomic E-state index is 0.108. The number of nitrogens with one attached hydrogen (secondary N) is 1. The topological polar surface area (TPSA) is 99.9 Å². The van der Waals surface area contributed by atoms with Gasteiger partial charge in [-0.25, -0.2) is 4.68 Å². The maximum Gasteiger partial charge on any atom is 0.253 e. The summed E-state index contributed by atoms with van der Waals surface area (Å²) >= 11 is 0. The number of nitrogens with zero attached hydrogens (tertiary/aromatic N) is 5. The fourth-order valence-corrected chi connectivity index (χ4v) is 4.98. The summed E-state index contributed by atoms with van der Waals surface area (Å²) in [6.45, 7) is 3.46. The standard InChI is InChI=1S/C22H28N6O2/c1-14-6-7-19-15(12-14)13-18(22(30)23-19)20(27-10-8-17(29)9-11-27)21-24-25-26-28(21)16-4-2-3-5-16/h6-7,12-13,16-17,20,29H,2-5,8-11H2,1H3,(H,23,30)/t20-/m0/s1. The summed E-state index contributed by atoms with van der Waals surface area (Å²) in [5.74, 6) is 0.732. The van der Waals surface area contributed by atoms with Gasteiger partial charge in [0.2, 0.25) is 0 Å². The number of tetrazole rings is 1. The van der Waals surface area contributed by atoms with Crippen molar-refractivity contribution in [1.29, 1.82) is 0 Å². The van der Waals surface area contributed by atoms with Crippen molar-refractivity contribution in [2.75, 3.05) is 13.1 Å². The molecule has 30 heavy (non-hydrogen) atoms. The van der Waals surface area contributed by atoms with Gasteiger partial charge in [-0.15, -0.1) is 5.10 Å². The lowest BCUT2D eigenvalue weighted by Crippen LogP contribution is -2.42. The summed E-state index contributed by atoms with van der Waals surface area (Å²) in [7, 11) is 0. The average Bonchev–Trinajstić information content (AvgIpc) is 3.42. The van der Waals surface area contributed by atoms with Crippen LogP contribution in [0.4, 0.5) is 0 Å². The molecule has 0 amide bonds. The van der Waals surface area contributed by atoms with Crippen LogP contribution in [0.15, 0.2) is 29.1 Å². The Morgan fingerprint density at radius 3 is 2.67 bits per heavy atom. The Bertz CT molecular complexity index is 1090. The highest BCUT2D eigenvalue weighted by Gasteiger charge is 2.34. The van der Waals surface area contributed by atoms with Crippen LogP contribution in [0.1, 0.15) is 67.6 Å². The number of aromatic amines is 1. The molecule has 0 radical (unpaired) electrons. The normalized spacial score (nSPS) is 20.2. The number of piperidine rings is 1. The molecule has 1 saturated heterocycles. The first-order valence-electron chi connectivity index (χ1n) is 10.9. The maximum atomic E-state index is 13.2. The number of fused-ring (bicyclic) bond motifs is 1. The van der Waals surface area contributed by atoms with Crippen molar-refractivity contribution >= 4 is 10.9 Å². The van der Waals surface area contributed by atoms with Crippen LogP contribution in [0.5, 0.6) is 0 Å². The van der Waals surface area contributed by atoms with Crippen molar-refractivity contribution in [2.24, 2.45) is 0 Å². The Morgan fingerprint density at radius 2 is 1.90 bits per heavy atom. The molecule has 3 aromatic rings. The van der Waals surface area contributed by atoms with E-state index < -0.39 is 0 Å². The van der Waals surface area contributed by atoms with Gasteiger partial charge in [-0.2, -0.15) is 0 Å². The largest absolute Gasteiger partial charge is 0.393 e. The number of aryl methyl sites for hydroxylation is 1. The number of pyridine rings is 1. The van der Waals surface area contributed by atoms with Gasteiger partial charge >= 0.3 is 0 Å². The lowest BCUT2D eigenvalue weighted by Gasteiger charge is -2.35. The molecule has 8 nitrogen and oxygen atoms in total. The molecule has 8 heteroatoms. The molecule has 2 aliphatic rings. The van der Waals surface area contributed by atoms with Gasteiger partial charge in [-0.3, -0.25) is 9.69 Å². The number of aromatic nitrogens is 5. The zero-order chi connectivity index (χ0) is 20.7. The Labute approximate surface area is 174 Å². The number of aliphatic hydroxyl groups is 1. The third kappa shape index (κ3) is 3.54. The van der Waals surface area contributed by atoms with Crippen molar-refractivity contribution in [1.82, 2.24) is 30.1 Å². The number of H-pyrrole nitrogens is 1. The van der Waals surface area contributed by atoms with Crippen LogP contribution in [0.25, 0.3) is 10.9 Å². The van der Waals surface area contributed by atoms with Gasteiger partial charge in [-0.05, 0) is 66.6 Å². The molecule has 1 aliphatic carbocycles. The molecule has 0 unspecified atom stereocenters. The van der Waals surface area contributed by atoms with Crippen molar-refractivity contribution in [3.8, 4) is 0 Å². The molecule has 2 N–H and O–H groups in total. The number of hydrogen-bond donors (Lipinski definition) is 2. The van der Waals surface area contributed by atoms with Crippen LogP contribution in [0.3, 0.4) is 0 Å². The molecule has 2 fully saturated rings. The number of aliphatic hydroxyl groups excluding tert-OH is 1. The van der Waals surface area contributed by atoms with Crippen molar-refractivity contribution in [2.45, 2.75) is 63.6 Å². The minimum atomic E-state index is -0.332. The van der Waals surface area contributed by atoms with E-state index in [9.17, 15) is 9.90 Å². The Hall–Kier alpha value is -2.58. The zero-order valence-corrected chi connectivity index (χ0v) is 17.3. The molecular weight excluding hydrogens is 380 g/mol. The first kappa shape index (κ1) is 19.4. The van der Waals surface area contributed by atoms with E-state index >= 15 is 0 Å². The maximum absolute atomic E-state index is 13.2. The van der Waals surface area contributed by atoms with E-state index in [1.54, 1.807) is 0 Å². The van der Waals surface area contributed by atoms with Crippen molar-refractivity contribution in [3.63, 3.8) is 0 Å². The van der Waals surface area contributed by atoms with E-state index in [2.05, 4.69) is 31.5 Å². The molecule has 0 bridgehead atoms. The predicted octanol–water partition coefficient (Wildman–Crippen LogP) is 2.48. The van der Waals surface area contributed by atoms with Gasteiger partial charge in [0.1, 0.15) is 6.04 Å². The molecule has 3 heterocycles. The molecule has 2 aromatic heterocycles. The zero-order valence-electron chi connectivity index (χ0n) is 17.3. The molecular formula is C22H28N6O2. The van der Waals surface area contributed by atoms with Gasteiger partial charge in [0, 0.05) is 24.2 Å². The molecule has 158 valence electrons. The third-order valence-corrected chi connectivity index (χ3v) is 6.62. The van der Waals surface area contributed by atoms with Crippen molar-refractivity contribution < 1.29 is 5.11 Å². The summed E-state index contributed by atoms with van der Waals surface area (Å²) in [4.78, 5) is 18.5. The highest BCUT2D eigenvalue weighted by molar-refractivity contribution is 5.79. The van der Waals surface area contributed by atoms with E-state index in [1.807, 2.05) is 29.8 Å². The number of likely N-dealkylation sites (tertiary alicyclic amines) is 1. The minimum Gasteiger partial charge on any atom is -0.393 e. The Balaban J connectivity index is 1.64. The number of rotatable bonds is 4. The molecule has 0 spiro atoms. The Morgan fingerprint density at radius 1 is 1.13 bits per heavy atom. The monoisotopic (exact) mass is 408 g/mol. The second kappa shape index (κ2) is 7.92. The second-order valence-corrected chi connectivity index (χ2v) is 8.73. The average molecular weight is 409 g/mol. The molecule has 5 rings (SSSR count).